The molecule has 3 atom stereocenters. The van der Waals surface area contributed by atoms with E-state index in [0.29, 0.717) is 11.1 Å². The second-order valence-electron chi connectivity index (χ2n) is 4.63. The van der Waals surface area contributed by atoms with E-state index in [1.165, 1.54) is 6.07 Å². The van der Waals surface area contributed by atoms with Gasteiger partial charge in [-0.2, -0.15) is 0 Å². The number of Topliss-reactive ketones (excluding diaryl/α,β-unsaturated/α-hetero) is 1. The van der Waals surface area contributed by atoms with Gasteiger partial charge in [0.15, 0.2) is 5.78 Å². The molecule has 2 N–H and O–H groups in total. The van der Waals surface area contributed by atoms with Gasteiger partial charge in [-0.1, -0.05) is 0 Å². The van der Waals surface area contributed by atoms with Gasteiger partial charge in [-0.25, -0.2) is 8.78 Å². The van der Waals surface area contributed by atoms with Crippen molar-refractivity contribution in [2.75, 3.05) is 0 Å². The molecule has 0 saturated heterocycles. The summed E-state index contributed by atoms with van der Waals surface area (Å²) in [4.78, 5) is 11.7. The molecule has 16 heavy (non-hydrogen) atoms. The summed E-state index contributed by atoms with van der Waals surface area (Å²) in [7, 11) is 0. The van der Waals surface area contributed by atoms with Crippen LogP contribution in [0.3, 0.4) is 0 Å². The lowest BCUT2D eigenvalue weighted by molar-refractivity contribution is -0.120. The van der Waals surface area contributed by atoms with Crippen LogP contribution in [-0.2, 0) is 11.2 Å². The molecule has 4 heteroatoms. The van der Waals surface area contributed by atoms with Crippen LogP contribution in [0.1, 0.15) is 23.5 Å². The number of carbonyl (C=O) groups is 1. The zero-order valence-corrected chi connectivity index (χ0v) is 8.54. The third kappa shape index (κ3) is 1.29. The number of rotatable bonds is 0. The Morgan fingerprint density at radius 2 is 2.06 bits per heavy atom. The molecule has 0 aliphatic heterocycles. The van der Waals surface area contributed by atoms with Gasteiger partial charge in [0.2, 0.25) is 0 Å². The minimum Gasteiger partial charge on any atom is -0.321 e. The van der Waals surface area contributed by atoms with Crippen molar-refractivity contribution in [3.8, 4) is 0 Å². The first-order chi connectivity index (χ1) is 7.58. The van der Waals surface area contributed by atoms with Gasteiger partial charge in [-0.05, 0) is 35.4 Å². The molecule has 2 aliphatic carbocycles. The van der Waals surface area contributed by atoms with E-state index in [1.807, 2.05) is 0 Å². The monoisotopic (exact) mass is 223 g/mol. The van der Waals surface area contributed by atoms with Crippen LogP contribution in [0.2, 0.25) is 0 Å². The highest BCUT2D eigenvalue weighted by atomic mass is 19.1. The van der Waals surface area contributed by atoms with Crippen molar-refractivity contribution in [1.82, 2.24) is 0 Å². The standard InChI is InChI=1S/C12H11F2NO/c13-5-1-6-7-3-9(7)12(15)11(16)4-8(6)10(14)2-5/h1-2,7,9,12H,3-4,15H2/t7-,9?,12-/m1/s1. The van der Waals surface area contributed by atoms with E-state index >= 15 is 0 Å². The van der Waals surface area contributed by atoms with Gasteiger partial charge in [-0.15, -0.1) is 0 Å². The molecule has 0 amide bonds. The highest BCUT2D eigenvalue weighted by Crippen LogP contribution is 2.52. The summed E-state index contributed by atoms with van der Waals surface area (Å²) in [5.74, 6) is -1.19. The van der Waals surface area contributed by atoms with E-state index in [-0.39, 0.29) is 24.0 Å². The van der Waals surface area contributed by atoms with Crippen molar-refractivity contribution in [1.29, 1.82) is 0 Å². The van der Waals surface area contributed by atoms with E-state index < -0.39 is 17.7 Å². The maximum atomic E-state index is 13.6. The molecule has 84 valence electrons. The molecule has 0 bridgehead atoms. The Bertz CT molecular complexity index is 486. The first-order valence-electron chi connectivity index (χ1n) is 5.34. The molecular formula is C12H11F2NO. The predicted octanol–water partition coefficient (Wildman–Crippen LogP) is 1.52. The Balaban J connectivity index is 2.15. The summed E-state index contributed by atoms with van der Waals surface area (Å²) in [6.07, 6.45) is 0.762. The molecule has 2 nitrogen and oxygen atoms in total. The second-order valence-corrected chi connectivity index (χ2v) is 4.63. The summed E-state index contributed by atoms with van der Waals surface area (Å²) in [5, 5.41) is 0. The van der Waals surface area contributed by atoms with Crippen molar-refractivity contribution in [3.63, 3.8) is 0 Å². The lowest BCUT2D eigenvalue weighted by Gasteiger charge is -2.08. The average molecular weight is 223 g/mol. The van der Waals surface area contributed by atoms with E-state index in [9.17, 15) is 13.6 Å². The SMILES string of the molecule is N[C@H]1C(=O)Cc2c(F)cc(F)cc2[C@H]2CC21. The molecule has 1 saturated carbocycles. The van der Waals surface area contributed by atoms with Crippen LogP contribution in [-0.4, -0.2) is 11.8 Å². The first kappa shape index (κ1) is 9.90. The van der Waals surface area contributed by atoms with E-state index in [0.717, 1.165) is 12.5 Å². The summed E-state index contributed by atoms with van der Waals surface area (Å²) >= 11 is 0. The Labute approximate surface area is 91.4 Å². The molecule has 3 rings (SSSR count). The normalized spacial score (nSPS) is 31.7. The van der Waals surface area contributed by atoms with Crippen LogP contribution in [0.5, 0.6) is 0 Å². The number of nitrogens with two attached hydrogens (primary N) is 1. The second kappa shape index (κ2) is 3.10. The molecule has 0 radical (unpaired) electrons. The van der Waals surface area contributed by atoms with E-state index in [2.05, 4.69) is 0 Å². The summed E-state index contributed by atoms with van der Waals surface area (Å²) in [6, 6.07) is 1.66. The van der Waals surface area contributed by atoms with E-state index in [1.54, 1.807) is 0 Å². The summed E-state index contributed by atoms with van der Waals surface area (Å²) in [6.45, 7) is 0. The lowest BCUT2D eigenvalue weighted by Crippen LogP contribution is -2.33. The molecule has 1 unspecified atom stereocenters. The number of halogens is 2. The molecule has 1 aromatic carbocycles. The van der Waals surface area contributed by atoms with Crippen molar-refractivity contribution < 1.29 is 13.6 Å². The van der Waals surface area contributed by atoms with Gasteiger partial charge >= 0.3 is 0 Å². The Morgan fingerprint density at radius 1 is 1.31 bits per heavy atom. The fraction of sp³-hybridized carbons (Fsp3) is 0.417. The largest absolute Gasteiger partial charge is 0.321 e. The number of benzene rings is 1. The third-order valence-corrected chi connectivity index (χ3v) is 3.62. The zero-order valence-electron chi connectivity index (χ0n) is 8.54. The molecule has 2 aliphatic rings. The van der Waals surface area contributed by atoms with Gasteiger partial charge in [0, 0.05) is 12.5 Å². The Morgan fingerprint density at radius 3 is 2.81 bits per heavy atom. The maximum Gasteiger partial charge on any atom is 0.154 e. The van der Waals surface area contributed by atoms with Crippen molar-refractivity contribution >= 4 is 5.78 Å². The highest BCUT2D eigenvalue weighted by Gasteiger charge is 2.48. The minimum absolute atomic E-state index is 0.00435. The summed E-state index contributed by atoms with van der Waals surface area (Å²) in [5.41, 5.74) is 6.75. The van der Waals surface area contributed by atoms with Gasteiger partial charge in [-0.3, -0.25) is 4.79 Å². The Kier molecular flexibility index (Phi) is 1.92. The predicted molar refractivity (Wildman–Crippen MR) is 53.9 cm³/mol. The first-order valence-corrected chi connectivity index (χ1v) is 5.34. The van der Waals surface area contributed by atoms with Gasteiger partial charge in [0.05, 0.1) is 6.04 Å². The molecule has 0 heterocycles. The van der Waals surface area contributed by atoms with Gasteiger partial charge in [0.25, 0.3) is 0 Å². The van der Waals surface area contributed by atoms with Crippen molar-refractivity contribution in [2.45, 2.75) is 24.8 Å². The molecular weight excluding hydrogens is 212 g/mol. The summed E-state index contributed by atoms with van der Waals surface area (Å²) < 4.78 is 26.7. The Hall–Kier alpha value is -1.29. The molecule has 1 fully saturated rings. The van der Waals surface area contributed by atoms with Gasteiger partial charge < -0.3 is 5.73 Å². The molecule has 0 aromatic heterocycles. The highest BCUT2D eigenvalue weighted by molar-refractivity contribution is 5.88. The van der Waals surface area contributed by atoms with Crippen LogP contribution in [0.25, 0.3) is 0 Å². The number of ketones is 1. The van der Waals surface area contributed by atoms with Crippen LogP contribution >= 0.6 is 0 Å². The van der Waals surface area contributed by atoms with Crippen LogP contribution in [0, 0.1) is 17.6 Å². The fourth-order valence-electron chi connectivity index (χ4n) is 2.64. The smallest absolute Gasteiger partial charge is 0.154 e. The van der Waals surface area contributed by atoms with Gasteiger partial charge in [0.1, 0.15) is 11.6 Å². The van der Waals surface area contributed by atoms with Crippen LogP contribution in [0.15, 0.2) is 12.1 Å². The van der Waals surface area contributed by atoms with Crippen LogP contribution in [0.4, 0.5) is 8.78 Å². The van der Waals surface area contributed by atoms with Crippen LogP contribution < -0.4 is 5.73 Å². The minimum atomic E-state index is -0.622. The third-order valence-electron chi connectivity index (χ3n) is 3.62. The van der Waals surface area contributed by atoms with E-state index in [4.69, 9.17) is 5.73 Å². The lowest BCUT2D eigenvalue weighted by atomic mass is 9.99. The zero-order chi connectivity index (χ0) is 11.4. The quantitative estimate of drug-likeness (QED) is 0.724. The maximum absolute atomic E-state index is 13.6. The van der Waals surface area contributed by atoms with Crippen molar-refractivity contribution in [3.05, 3.63) is 34.9 Å². The average Bonchev–Trinajstić information content (AvgIpc) is 2.99. The van der Waals surface area contributed by atoms with Crippen molar-refractivity contribution in [2.24, 2.45) is 11.7 Å². The number of carbonyl (C=O) groups excluding carboxylic acids is 1. The number of hydrogen-bond acceptors (Lipinski definition) is 2. The molecule has 0 spiro atoms. The number of fused-ring (bicyclic) bond motifs is 3. The topological polar surface area (TPSA) is 43.1 Å². The fourth-order valence-corrected chi connectivity index (χ4v) is 2.64. The molecule has 1 aromatic rings. The number of hydrogen-bond donors (Lipinski definition) is 1.